The topological polar surface area (TPSA) is 80.7 Å². The van der Waals surface area contributed by atoms with Gasteiger partial charge in [0.25, 0.3) is 0 Å². The Hall–Kier alpha value is -2.01. The third-order valence-electron chi connectivity index (χ3n) is 2.34. The smallest absolute Gasteiger partial charge is 0.222 e. The van der Waals surface area contributed by atoms with E-state index in [2.05, 4.69) is 15.4 Å². The van der Waals surface area contributed by atoms with Crippen molar-refractivity contribution in [2.24, 2.45) is 0 Å². The average Bonchev–Trinajstić information content (AvgIpc) is 2.86. The molecule has 0 unspecified atom stereocenters. The van der Waals surface area contributed by atoms with Gasteiger partial charge in [0.1, 0.15) is 10.8 Å². The fourth-order valence-electron chi connectivity index (χ4n) is 1.66. The summed E-state index contributed by atoms with van der Waals surface area (Å²) in [4.78, 5) is 0. The number of anilines is 1. The molecular weight excluding hydrogens is 228 g/mol. The van der Waals surface area contributed by atoms with Crippen LogP contribution in [0.15, 0.2) is 28.8 Å². The molecule has 16 heavy (non-hydrogen) atoms. The molecule has 2 heterocycles. The number of hydrogen-bond donors (Lipinski definition) is 2. The van der Waals surface area contributed by atoms with Gasteiger partial charge in [-0.1, -0.05) is 28.9 Å². The zero-order chi connectivity index (χ0) is 11.1. The maximum Gasteiger partial charge on any atom is 0.222 e. The van der Waals surface area contributed by atoms with Crippen molar-refractivity contribution >= 4 is 28.4 Å². The lowest BCUT2D eigenvalue weighted by Crippen LogP contribution is -1.79. The first-order valence-corrected chi connectivity index (χ1v) is 4.98. The van der Waals surface area contributed by atoms with Gasteiger partial charge in [-0.25, -0.2) is 0 Å². The molecule has 6 heteroatoms. The van der Waals surface area contributed by atoms with E-state index in [1.54, 1.807) is 6.07 Å². The summed E-state index contributed by atoms with van der Waals surface area (Å²) in [6, 6.07) is 7.28. The molecule has 3 N–H and O–H groups in total. The van der Waals surface area contributed by atoms with Crippen molar-refractivity contribution in [3.63, 3.8) is 0 Å². The Morgan fingerprint density at radius 1 is 1.38 bits per heavy atom. The fraction of sp³-hybridized carbons (Fsp3) is 0. The second-order valence-corrected chi connectivity index (χ2v) is 3.73. The van der Waals surface area contributed by atoms with Crippen molar-refractivity contribution in [3.05, 3.63) is 29.4 Å². The maximum atomic E-state index is 6.03. The molecule has 3 aromatic rings. The van der Waals surface area contributed by atoms with Crippen molar-refractivity contribution in [2.75, 3.05) is 5.73 Å². The van der Waals surface area contributed by atoms with Crippen LogP contribution in [0.1, 0.15) is 0 Å². The Balaban J connectivity index is 2.34. The maximum absolute atomic E-state index is 6.03. The Morgan fingerprint density at radius 3 is 3.00 bits per heavy atom. The number of nitrogens with zero attached hydrogens (tertiary/aromatic N) is 2. The van der Waals surface area contributed by atoms with Gasteiger partial charge in [0, 0.05) is 17.0 Å². The van der Waals surface area contributed by atoms with E-state index >= 15 is 0 Å². The molecule has 0 aliphatic heterocycles. The number of hydrogen-bond acceptors (Lipinski definition) is 4. The highest BCUT2D eigenvalue weighted by molar-refractivity contribution is 6.35. The largest absolute Gasteiger partial charge is 0.368 e. The van der Waals surface area contributed by atoms with E-state index in [9.17, 15) is 0 Å². The normalized spacial score (nSPS) is 11.1. The van der Waals surface area contributed by atoms with E-state index in [0.29, 0.717) is 10.8 Å². The fourth-order valence-corrected chi connectivity index (χ4v) is 1.90. The van der Waals surface area contributed by atoms with Crippen LogP contribution in [0, 0.1) is 0 Å². The van der Waals surface area contributed by atoms with Crippen molar-refractivity contribution in [3.8, 4) is 11.3 Å². The Labute approximate surface area is 95.2 Å². The van der Waals surface area contributed by atoms with Crippen LogP contribution in [0.4, 0.5) is 5.88 Å². The van der Waals surface area contributed by atoms with Crippen molar-refractivity contribution in [2.45, 2.75) is 0 Å². The molecule has 5 nitrogen and oxygen atoms in total. The Bertz CT molecular complexity index is 658. The number of aromatic nitrogens is 3. The first-order valence-electron chi connectivity index (χ1n) is 4.61. The monoisotopic (exact) mass is 234 g/mol. The summed E-state index contributed by atoms with van der Waals surface area (Å²) < 4.78 is 4.84. The Morgan fingerprint density at radius 2 is 2.25 bits per heavy atom. The third kappa shape index (κ3) is 1.25. The number of fused-ring (bicyclic) bond motifs is 1. The molecule has 2 aromatic heterocycles. The molecule has 0 saturated heterocycles. The van der Waals surface area contributed by atoms with Crippen LogP contribution in [-0.4, -0.2) is 15.4 Å². The van der Waals surface area contributed by atoms with Crippen LogP contribution in [0.25, 0.3) is 22.2 Å². The minimum atomic E-state index is 0.270. The lowest BCUT2D eigenvalue weighted by molar-refractivity contribution is 0.439. The van der Waals surface area contributed by atoms with E-state index in [1.807, 2.05) is 18.2 Å². The third-order valence-corrected chi connectivity index (χ3v) is 2.61. The molecular formula is C10H7ClN4O. The quantitative estimate of drug-likeness (QED) is 0.678. The van der Waals surface area contributed by atoms with Gasteiger partial charge >= 0.3 is 0 Å². The zero-order valence-corrected chi connectivity index (χ0v) is 8.82. The van der Waals surface area contributed by atoms with Crippen LogP contribution in [0.5, 0.6) is 0 Å². The predicted octanol–water partition coefficient (Wildman–Crippen LogP) is 2.45. The standard InChI is InChI=1S/C10H7ClN4O/c11-10-9-5(7-4-8(12)16-15-7)2-1-3-6(9)13-14-10/h1-4H,12H2,(H,13,14). The average molecular weight is 235 g/mol. The van der Waals surface area contributed by atoms with Gasteiger partial charge in [0.2, 0.25) is 5.88 Å². The van der Waals surface area contributed by atoms with Crippen molar-refractivity contribution in [1.29, 1.82) is 0 Å². The summed E-state index contributed by atoms with van der Waals surface area (Å²) in [6.07, 6.45) is 0. The van der Waals surface area contributed by atoms with Gasteiger partial charge in [0.15, 0.2) is 0 Å². The molecule has 0 saturated carbocycles. The van der Waals surface area contributed by atoms with E-state index in [4.69, 9.17) is 21.9 Å². The van der Waals surface area contributed by atoms with Crippen molar-refractivity contribution in [1.82, 2.24) is 15.4 Å². The number of nitrogens with two attached hydrogens (primary N) is 1. The second-order valence-electron chi connectivity index (χ2n) is 3.35. The van der Waals surface area contributed by atoms with E-state index in [1.165, 1.54) is 0 Å². The van der Waals surface area contributed by atoms with Gasteiger partial charge in [-0.2, -0.15) is 5.10 Å². The predicted molar refractivity (Wildman–Crippen MR) is 61.0 cm³/mol. The SMILES string of the molecule is Nc1cc(-c2cccc3n[nH]c(Cl)c23)no1. The Kier molecular flexibility index (Phi) is 1.87. The summed E-state index contributed by atoms with van der Waals surface area (Å²) in [5.41, 5.74) is 7.76. The molecule has 0 radical (unpaired) electrons. The van der Waals surface area contributed by atoms with Gasteiger partial charge < -0.3 is 10.3 Å². The van der Waals surface area contributed by atoms with Crippen LogP contribution in [0.3, 0.4) is 0 Å². The molecule has 0 bridgehead atoms. The number of rotatable bonds is 1. The van der Waals surface area contributed by atoms with E-state index in [0.717, 1.165) is 16.5 Å². The lowest BCUT2D eigenvalue weighted by atomic mass is 10.1. The number of nitrogens with one attached hydrogen (secondary N) is 1. The molecule has 0 aliphatic rings. The molecule has 3 rings (SSSR count). The van der Waals surface area contributed by atoms with Gasteiger partial charge in [-0.05, 0) is 6.07 Å². The summed E-state index contributed by atoms with van der Waals surface area (Å²) in [5.74, 6) is 0.270. The number of halogens is 1. The van der Waals surface area contributed by atoms with Gasteiger partial charge in [-0.3, -0.25) is 5.10 Å². The molecule has 0 fully saturated rings. The number of aromatic amines is 1. The summed E-state index contributed by atoms with van der Waals surface area (Å²) >= 11 is 6.03. The summed E-state index contributed by atoms with van der Waals surface area (Å²) in [6.45, 7) is 0. The highest BCUT2D eigenvalue weighted by atomic mass is 35.5. The first kappa shape index (κ1) is 9.23. The molecule has 0 aliphatic carbocycles. The van der Waals surface area contributed by atoms with Crippen LogP contribution in [-0.2, 0) is 0 Å². The number of benzene rings is 1. The molecule has 0 spiro atoms. The molecule has 0 amide bonds. The first-order chi connectivity index (χ1) is 7.75. The van der Waals surface area contributed by atoms with Gasteiger partial charge in [-0.15, -0.1) is 0 Å². The molecule has 0 atom stereocenters. The second kappa shape index (κ2) is 3.24. The number of nitrogen functional groups attached to an aromatic ring is 1. The number of H-pyrrole nitrogens is 1. The van der Waals surface area contributed by atoms with Crippen LogP contribution < -0.4 is 5.73 Å². The summed E-state index contributed by atoms with van der Waals surface area (Å²) in [5, 5.41) is 11.9. The highest BCUT2D eigenvalue weighted by Crippen LogP contribution is 2.32. The molecule has 1 aromatic carbocycles. The highest BCUT2D eigenvalue weighted by Gasteiger charge is 2.12. The van der Waals surface area contributed by atoms with E-state index < -0.39 is 0 Å². The van der Waals surface area contributed by atoms with Crippen LogP contribution >= 0.6 is 11.6 Å². The van der Waals surface area contributed by atoms with Crippen LogP contribution in [0.2, 0.25) is 5.15 Å². The summed E-state index contributed by atoms with van der Waals surface area (Å²) in [7, 11) is 0. The van der Waals surface area contributed by atoms with E-state index in [-0.39, 0.29) is 5.88 Å². The van der Waals surface area contributed by atoms with Gasteiger partial charge in [0.05, 0.1) is 5.52 Å². The zero-order valence-electron chi connectivity index (χ0n) is 8.07. The lowest BCUT2D eigenvalue weighted by Gasteiger charge is -1.97. The minimum Gasteiger partial charge on any atom is -0.368 e. The molecule has 80 valence electrons. The minimum absolute atomic E-state index is 0.270. The van der Waals surface area contributed by atoms with Crippen molar-refractivity contribution < 1.29 is 4.52 Å².